The Labute approximate surface area is 250 Å². The van der Waals surface area contributed by atoms with E-state index < -0.39 is 18.8 Å². The highest BCUT2D eigenvalue weighted by Gasteiger charge is 2.48. The number of methoxy groups -OCH3 is 5. The van der Waals surface area contributed by atoms with E-state index in [4.69, 9.17) is 37.9 Å². The van der Waals surface area contributed by atoms with Gasteiger partial charge in [0.15, 0.2) is 40.6 Å². The number of aromatic hydroxyl groups is 1. The number of benzene rings is 3. The molecule has 2 fully saturated rings. The average molecular weight is 599 g/mol. The minimum absolute atomic E-state index is 0.0593. The molecule has 0 aromatic heterocycles. The molecule has 11 heteroatoms. The summed E-state index contributed by atoms with van der Waals surface area (Å²) in [4.78, 5) is 0. The second kappa shape index (κ2) is 13.2. The Morgan fingerprint density at radius 1 is 0.698 bits per heavy atom. The number of phenolic OH excluding ortho intramolecular Hbond substituents is 1. The van der Waals surface area contributed by atoms with Crippen molar-refractivity contribution in [3.8, 4) is 40.2 Å². The number of fused-ring (bicyclic) bond motifs is 1. The summed E-state index contributed by atoms with van der Waals surface area (Å²) in [5, 5.41) is 30.9. The molecule has 43 heavy (non-hydrogen) atoms. The molecule has 3 aromatic rings. The Bertz CT molecular complexity index is 1390. The molecule has 0 radical (unpaired) electrons. The minimum Gasteiger partial charge on any atom is -0.504 e. The van der Waals surface area contributed by atoms with E-state index >= 15 is 0 Å². The van der Waals surface area contributed by atoms with Crippen molar-refractivity contribution in [3.05, 3.63) is 65.2 Å². The Morgan fingerprint density at radius 3 is 1.84 bits per heavy atom. The lowest BCUT2D eigenvalue weighted by Gasteiger charge is -2.25. The maximum Gasteiger partial charge on any atom is 0.203 e. The first-order valence-corrected chi connectivity index (χ1v) is 13.9. The molecule has 11 nitrogen and oxygen atoms in total. The zero-order valence-corrected chi connectivity index (χ0v) is 24.8. The quantitative estimate of drug-likeness (QED) is 0.279. The van der Waals surface area contributed by atoms with Gasteiger partial charge in [-0.1, -0.05) is 12.1 Å². The van der Waals surface area contributed by atoms with Crippen molar-refractivity contribution in [2.45, 2.75) is 24.4 Å². The van der Waals surface area contributed by atoms with Gasteiger partial charge in [0, 0.05) is 11.8 Å². The van der Waals surface area contributed by atoms with Gasteiger partial charge < -0.3 is 53.2 Å². The van der Waals surface area contributed by atoms with Crippen LogP contribution in [0.5, 0.6) is 40.2 Å². The molecule has 3 N–H and O–H groups in total. The number of hydrogen-bond donors (Lipinski definition) is 3. The van der Waals surface area contributed by atoms with E-state index in [1.54, 1.807) is 27.4 Å². The molecule has 3 aromatic carbocycles. The van der Waals surface area contributed by atoms with Gasteiger partial charge in [0.1, 0.15) is 6.10 Å². The summed E-state index contributed by atoms with van der Waals surface area (Å²) in [5.74, 6) is 2.77. The molecule has 5 rings (SSSR count). The van der Waals surface area contributed by atoms with Gasteiger partial charge in [0.05, 0.1) is 67.6 Å². The highest BCUT2D eigenvalue weighted by molar-refractivity contribution is 5.54. The van der Waals surface area contributed by atoms with Crippen molar-refractivity contribution >= 4 is 0 Å². The highest BCUT2D eigenvalue weighted by atomic mass is 16.5. The third-order valence-electron chi connectivity index (χ3n) is 8.15. The normalized spacial score (nSPS) is 22.4. The van der Waals surface area contributed by atoms with E-state index in [1.165, 1.54) is 32.4 Å². The zero-order chi connectivity index (χ0) is 30.7. The summed E-state index contributed by atoms with van der Waals surface area (Å²) in [5.41, 5.74) is 2.24. The smallest absolute Gasteiger partial charge is 0.203 e. The molecular weight excluding hydrogens is 560 g/mol. The Morgan fingerprint density at radius 2 is 1.28 bits per heavy atom. The maximum absolute atomic E-state index is 10.9. The summed E-state index contributed by atoms with van der Waals surface area (Å²) in [6.45, 7) is 0.544. The van der Waals surface area contributed by atoms with Gasteiger partial charge in [-0.3, -0.25) is 0 Å². The molecule has 232 valence electrons. The van der Waals surface area contributed by atoms with Crippen LogP contribution in [0.1, 0.15) is 35.0 Å². The van der Waals surface area contributed by atoms with Crippen LogP contribution in [0.25, 0.3) is 0 Å². The number of aliphatic hydroxyl groups excluding tert-OH is 2. The largest absolute Gasteiger partial charge is 0.504 e. The predicted octanol–water partition coefficient (Wildman–Crippen LogP) is 3.98. The molecule has 0 aliphatic carbocycles. The van der Waals surface area contributed by atoms with Crippen LogP contribution < -0.4 is 28.4 Å². The number of rotatable bonds is 12. The lowest BCUT2D eigenvalue weighted by Crippen LogP contribution is -2.29. The summed E-state index contributed by atoms with van der Waals surface area (Å²) in [6.07, 6.45) is -2.66. The van der Waals surface area contributed by atoms with Gasteiger partial charge in [-0.25, -0.2) is 0 Å². The fraction of sp³-hybridized carbons (Fsp3) is 0.438. The topological polar surface area (TPSA) is 135 Å². The fourth-order valence-electron chi connectivity index (χ4n) is 5.92. The predicted molar refractivity (Wildman–Crippen MR) is 155 cm³/mol. The molecular formula is C32H38O11. The molecule has 0 amide bonds. The number of phenols is 1. The Hall–Kier alpha value is -3.90. The van der Waals surface area contributed by atoms with Crippen LogP contribution in [-0.2, 0) is 9.47 Å². The summed E-state index contributed by atoms with van der Waals surface area (Å²) >= 11 is 0. The van der Waals surface area contributed by atoms with Crippen molar-refractivity contribution in [1.82, 2.24) is 0 Å². The van der Waals surface area contributed by atoms with Crippen LogP contribution in [0.15, 0.2) is 48.5 Å². The molecule has 2 saturated heterocycles. The van der Waals surface area contributed by atoms with Crippen molar-refractivity contribution in [1.29, 1.82) is 0 Å². The first-order valence-electron chi connectivity index (χ1n) is 13.9. The molecule has 2 aliphatic heterocycles. The van der Waals surface area contributed by atoms with Crippen LogP contribution in [-0.4, -0.2) is 76.8 Å². The molecule has 0 bridgehead atoms. The number of aliphatic hydroxyl groups is 2. The summed E-state index contributed by atoms with van der Waals surface area (Å²) in [6, 6.07) is 13.8. The zero-order valence-electron chi connectivity index (χ0n) is 24.8. The van der Waals surface area contributed by atoms with Gasteiger partial charge >= 0.3 is 0 Å². The third kappa shape index (κ3) is 5.85. The van der Waals surface area contributed by atoms with Crippen LogP contribution in [0.2, 0.25) is 0 Å². The monoisotopic (exact) mass is 598 g/mol. The van der Waals surface area contributed by atoms with E-state index in [1.807, 2.05) is 24.3 Å². The second-order valence-corrected chi connectivity index (χ2v) is 10.4. The van der Waals surface area contributed by atoms with E-state index in [0.717, 1.165) is 11.1 Å². The number of ether oxygens (including phenoxy) is 8. The summed E-state index contributed by atoms with van der Waals surface area (Å²) < 4.78 is 46.0. The highest BCUT2D eigenvalue weighted by Crippen LogP contribution is 2.52. The molecule has 2 heterocycles. The standard InChI is InChI=1S/C32H38O11/c1-36-24-10-17(6-8-22(24)34)29(35)28(14-33)43-23-9-7-18(11-25(23)37-2)30-20-15-42-31(21(20)16-41-30)19-12-26(38-3)32(40-5)27(13-19)39-4/h6-13,20-21,28-31,33-35H,14-16H2,1-5H3/t20-,21-,28-,29+,30+,31+/m0/s1. The molecule has 0 saturated carbocycles. The van der Waals surface area contributed by atoms with Crippen LogP contribution in [0.3, 0.4) is 0 Å². The third-order valence-corrected chi connectivity index (χ3v) is 8.15. The molecule has 0 spiro atoms. The van der Waals surface area contributed by atoms with Crippen molar-refractivity contribution < 1.29 is 53.2 Å². The molecule has 6 atom stereocenters. The Balaban J connectivity index is 1.33. The van der Waals surface area contributed by atoms with E-state index in [2.05, 4.69) is 0 Å². The Kier molecular flexibility index (Phi) is 9.36. The van der Waals surface area contributed by atoms with Gasteiger partial charge in [-0.2, -0.15) is 0 Å². The van der Waals surface area contributed by atoms with Gasteiger partial charge in [-0.15, -0.1) is 0 Å². The fourth-order valence-corrected chi connectivity index (χ4v) is 5.92. The van der Waals surface area contributed by atoms with E-state index in [9.17, 15) is 15.3 Å². The van der Waals surface area contributed by atoms with Crippen molar-refractivity contribution in [2.75, 3.05) is 55.4 Å². The van der Waals surface area contributed by atoms with E-state index in [0.29, 0.717) is 47.5 Å². The first-order chi connectivity index (χ1) is 20.9. The number of hydrogen-bond acceptors (Lipinski definition) is 11. The van der Waals surface area contributed by atoms with Crippen LogP contribution >= 0.6 is 0 Å². The molecule has 2 aliphatic rings. The van der Waals surface area contributed by atoms with Crippen molar-refractivity contribution in [3.63, 3.8) is 0 Å². The van der Waals surface area contributed by atoms with Gasteiger partial charge in [0.2, 0.25) is 5.75 Å². The maximum atomic E-state index is 10.9. The molecule has 0 unspecified atom stereocenters. The van der Waals surface area contributed by atoms with Crippen molar-refractivity contribution in [2.24, 2.45) is 11.8 Å². The first kappa shape index (κ1) is 30.6. The average Bonchev–Trinajstić information content (AvgIpc) is 3.65. The van der Waals surface area contributed by atoms with Crippen LogP contribution in [0, 0.1) is 11.8 Å². The lowest BCUT2D eigenvalue weighted by atomic mass is 9.84. The lowest BCUT2D eigenvalue weighted by molar-refractivity contribution is -0.000695. The van der Waals surface area contributed by atoms with Crippen LogP contribution in [0.4, 0.5) is 0 Å². The second-order valence-electron chi connectivity index (χ2n) is 10.4. The van der Waals surface area contributed by atoms with Gasteiger partial charge in [-0.05, 0) is 53.1 Å². The van der Waals surface area contributed by atoms with E-state index in [-0.39, 0.29) is 35.5 Å². The minimum atomic E-state index is -1.20. The van der Waals surface area contributed by atoms with Gasteiger partial charge in [0.25, 0.3) is 0 Å². The summed E-state index contributed by atoms with van der Waals surface area (Å²) in [7, 11) is 7.69. The SMILES string of the molecule is COc1cc([C@@H](O)[C@H](CO)Oc2ccc([C@H]3OC[C@H]4[C@@H]3CO[C@@H]4c3cc(OC)c(OC)c(OC)c3)cc2OC)ccc1O.